The number of hydrogen-bond acceptors (Lipinski definition) is 4. The molecule has 3 aromatic rings. The highest BCUT2D eigenvalue weighted by Gasteiger charge is 2.18. The Bertz CT molecular complexity index is 755. The molecule has 2 aromatic carbocycles. The second-order valence-electron chi connectivity index (χ2n) is 4.82. The van der Waals surface area contributed by atoms with E-state index in [1.807, 2.05) is 55.5 Å². The Morgan fingerprint density at radius 3 is 2.62 bits per heavy atom. The predicted octanol–water partition coefficient (Wildman–Crippen LogP) is 3.86. The minimum Gasteiger partial charge on any atom is -0.419 e. The topological polar surface area (TPSA) is 64.9 Å². The van der Waals surface area contributed by atoms with Gasteiger partial charge in [0.25, 0.3) is 0 Å². The summed E-state index contributed by atoms with van der Waals surface area (Å²) in [7, 11) is 0. The first-order valence-corrected chi connectivity index (χ1v) is 7.35. The molecule has 0 saturated carbocycles. The summed E-state index contributed by atoms with van der Waals surface area (Å²) < 4.78 is 6.66. The second kappa shape index (κ2) is 5.79. The first-order valence-electron chi connectivity index (χ1n) is 6.55. The number of halogens is 1. The fourth-order valence-electron chi connectivity index (χ4n) is 2.08. The van der Waals surface area contributed by atoms with Crippen molar-refractivity contribution in [3.05, 3.63) is 70.0 Å². The number of aromatic nitrogens is 2. The lowest BCUT2D eigenvalue weighted by Crippen LogP contribution is -2.11. The van der Waals surface area contributed by atoms with Crippen LogP contribution in [0.4, 0.5) is 0 Å². The quantitative estimate of drug-likeness (QED) is 0.784. The van der Waals surface area contributed by atoms with Crippen LogP contribution in [0.25, 0.3) is 11.5 Å². The van der Waals surface area contributed by atoms with Crippen LogP contribution in [0.3, 0.4) is 0 Å². The van der Waals surface area contributed by atoms with Gasteiger partial charge in [0, 0.05) is 4.47 Å². The van der Waals surface area contributed by atoms with Crippen molar-refractivity contribution in [1.82, 2.24) is 10.2 Å². The van der Waals surface area contributed by atoms with Gasteiger partial charge in [0.2, 0.25) is 11.8 Å². The summed E-state index contributed by atoms with van der Waals surface area (Å²) in [6.45, 7) is 2.02. The number of aryl methyl sites for hydroxylation is 1. The van der Waals surface area contributed by atoms with Crippen LogP contribution >= 0.6 is 15.9 Å². The van der Waals surface area contributed by atoms with Gasteiger partial charge in [-0.15, -0.1) is 10.2 Å². The molecule has 0 bridgehead atoms. The Hall–Kier alpha value is -1.98. The van der Waals surface area contributed by atoms with Crippen molar-refractivity contribution in [2.75, 3.05) is 0 Å². The van der Waals surface area contributed by atoms with Gasteiger partial charge in [0.1, 0.15) is 6.04 Å². The third-order valence-corrected chi connectivity index (χ3v) is 3.91. The third-order valence-electron chi connectivity index (χ3n) is 3.22. The monoisotopic (exact) mass is 343 g/mol. The molecule has 1 unspecified atom stereocenters. The Balaban J connectivity index is 1.95. The highest BCUT2D eigenvalue weighted by atomic mass is 79.9. The second-order valence-corrected chi connectivity index (χ2v) is 5.67. The van der Waals surface area contributed by atoms with E-state index < -0.39 is 6.04 Å². The largest absolute Gasteiger partial charge is 0.419 e. The zero-order chi connectivity index (χ0) is 14.8. The third kappa shape index (κ3) is 2.89. The molecule has 106 valence electrons. The van der Waals surface area contributed by atoms with E-state index in [2.05, 4.69) is 26.1 Å². The van der Waals surface area contributed by atoms with Gasteiger partial charge in [-0.1, -0.05) is 42.0 Å². The Kier molecular flexibility index (Phi) is 3.86. The van der Waals surface area contributed by atoms with Gasteiger partial charge in [0.05, 0.1) is 5.56 Å². The zero-order valence-electron chi connectivity index (χ0n) is 11.5. The van der Waals surface area contributed by atoms with E-state index in [0.717, 1.165) is 21.2 Å². The first kappa shape index (κ1) is 14.0. The van der Waals surface area contributed by atoms with Gasteiger partial charge in [-0.3, -0.25) is 0 Å². The normalized spacial score (nSPS) is 12.3. The van der Waals surface area contributed by atoms with Gasteiger partial charge in [0.15, 0.2) is 0 Å². The SMILES string of the molecule is Cc1ccc(Br)c(-c2nnc(C(N)c3ccccc3)o2)c1. The maximum atomic E-state index is 6.17. The van der Waals surface area contributed by atoms with E-state index in [0.29, 0.717) is 11.8 Å². The molecular formula is C16H14BrN3O. The summed E-state index contributed by atoms with van der Waals surface area (Å²) in [5.41, 5.74) is 9.10. The first-order chi connectivity index (χ1) is 10.1. The van der Waals surface area contributed by atoms with E-state index >= 15 is 0 Å². The number of hydrogen-bond donors (Lipinski definition) is 1. The Labute approximate surface area is 131 Å². The van der Waals surface area contributed by atoms with Crippen molar-refractivity contribution >= 4 is 15.9 Å². The molecule has 0 aliphatic carbocycles. The van der Waals surface area contributed by atoms with Gasteiger partial charge < -0.3 is 10.2 Å². The summed E-state index contributed by atoms with van der Waals surface area (Å²) in [4.78, 5) is 0. The minimum atomic E-state index is -0.420. The molecule has 0 amide bonds. The molecule has 0 aliphatic heterocycles. The highest BCUT2D eigenvalue weighted by Crippen LogP contribution is 2.29. The minimum absolute atomic E-state index is 0.407. The fraction of sp³-hybridized carbons (Fsp3) is 0.125. The molecule has 1 atom stereocenters. The average Bonchev–Trinajstić information content (AvgIpc) is 2.99. The lowest BCUT2D eigenvalue weighted by Gasteiger charge is -2.06. The van der Waals surface area contributed by atoms with E-state index in [1.54, 1.807) is 0 Å². The molecule has 0 aliphatic rings. The van der Waals surface area contributed by atoms with E-state index in [4.69, 9.17) is 10.2 Å². The molecule has 1 heterocycles. The Morgan fingerprint density at radius 1 is 1.10 bits per heavy atom. The summed E-state index contributed by atoms with van der Waals surface area (Å²) >= 11 is 3.50. The molecule has 4 nitrogen and oxygen atoms in total. The maximum Gasteiger partial charge on any atom is 0.248 e. The van der Waals surface area contributed by atoms with Crippen LogP contribution in [0.15, 0.2) is 57.4 Å². The highest BCUT2D eigenvalue weighted by molar-refractivity contribution is 9.10. The molecule has 5 heteroatoms. The van der Waals surface area contributed by atoms with Crippen LogP contribution in [-0.2, 0) is 0 Å². The molecule has 21 heavy (non-hydrogen) atoms. The van der Waals surface area contributed by atoms with Crippen molar-refractivity contribution in [3.8, 4) is 11.5 Å². The van der Waals surface area contributed by atoms with Crippen LogP contribution in [0.2, 0.25) is 0 Å². The lowest BCUT2D eigenvalue weighted by molar-refractivity contribution is 0.484. The van der Waals surface area contributed by atoms with Crippen molar-refractivity contribution in [1.29, 1.82) is 0 Å². The van der Waals surface area contributed by atoms with Crippen molar-refractivity contribution in [2.24, 2.45) is 5.73 Å². The molecular weight excluding hydrogens is 330 g/mol. The molecule has 0 spiro atoms. The molecule has 3 rings (SSSR count). The van der Waals surface area contributed by atoms with Crippen molar-refractivity contribution in [2.45, 2.75) is 13.0 Å². The standard InChI is InChI=1S/C16H14BrN3O/c1-10-7-8-13(17)12(9-10)15-19-20-16(21-15)14(18)11-5-3-2-4-6-11/h2-9,14H,18H2,1H3. The maximum absolute atomic E-state index is 6.17. The van der Waals surface area contributed by atoms with E-state index in [1.165, 1.54) is 0 Å². The van der Waals surface area contributed by atoms with E-state index in [9.17, 15) is 0 Å². The molecule has 2 N–H and O–H groups in total. The number of benzene rings is 2. The summed E-state index contributed by atoms with van der Waals surface area (Å²) in [5.74, 6) is 0.872. The number of rotatable bonds is 3. The smallest absolute Gasteiger partial charge is 0.248 e. The van der Waals surface area contributed by atoms with Gasteiger partial charge in [-0.25, -0.2) is 0 Å². The van der Waals surface area contributed by atoms with Crippen LogP contribution < -0.4 is 5.73 Å². The summed E-state index contributed by atoms with van der Waals surface area (Å²) in [6, 6.07) is 15.2. The van der Waals surface area contributed by atoms with Crippen LogP contribution in [0.1, 0.15) is 23.1 Å². The van der Waals surface area contributed by atoms with Gasteiger partial charge in [-0.2, -0.15) is 0 Å². The zero-order valence-corrected chi connectivity index (χ0v) is 13.0. The summed E-state index contributed by atoms with van der Waals surface area (Å²) in [5, 5.41) is 8.19. The molecule has 0 saturated heterocycles. The molecule has 0 radical (unpaired) electrons. The van der Waals surface area contributed by atoms with Crippen molar-refractivity contribution in [3.63, 3.8) is 0 Å². The van der Waals surface area contributed by atoms with E-state index in [-0.39, 0.29) is 0 Å². The Morgan fingerprint density at radius 2 is 1.86 bits per heavy atom. The van der Waals surface area contributed by atoms with Gasteiger partial charge >= 0.3 is 0 Å². The van der Waals surface area contributed by atoms with Gasteiger partial charge in [-0.05, 0) is 40.5 Å². The van der Waals surface area contributed by atoms with Crippen LogP contribution in [0, 0.1) is 6.92 Å². The molecule has 0 fully saturated rings. The molecule has 1 aromatic heterocycles. The number of nitrogens with two attached hydrogens (primary N) is 1. The van der Waals surface area contributed by atoms with Crippen LogP contribution in [0.5, 0.6) is 0 Å². The summed E-state index contributed by atoms with van der Waals surface area (Å²) in [6.07, 6.45) is 0. The predicted molar refractivity (Wildman–Crippen MR) is 84.6 cm³/mol. The van der Waals surface area contributed by atoms with Crippen molar-refractivity contribution < 1.29 is 4.42 Å². The number of nitrogens with zero attached hydrogens (tertiary/aromatic N) is 2. The average molecular weight is 344 g/mol. The lowest BCUT2D eigenvalue weighted by atomic mass is 10.1. The fourth-order valence-corrected chi connectivity index (χ4v) is 2.49. The van der Waals surface area contributed by atoms with Crippen LogP contribution in [-0.4, -0.2) is 10.2 Å².